The summed E-state index contributed by atoms with van der Waals surface area (Å²) in [5, 5.41) is 28.0. The third-order valence-corrected chi connectivity index (χ3v) is 7.70. The van der Waals surface area contributed by atoms with Crippen molar-refractivity contribution in [2.75, 3.05) is 45.5 Å². The fourth-order valence-corrected chi connectivity index (χ4v) is 5.07. The second kappa shape index (κ2) is 24.2. The van der Waals surface area contributed by atoms with Gasteiger partial charge in [-0.25, -0.2) is 18.4 Å². The molecule has 13 nitrogen and oxygen atoms in total. The molecule has 2 aliphatic rings. The molecule has 2 fully saturated rings. The van der Waals surface area contributed by atoms with Crippen molar-refractivity contribution in [2.45, 2.75) is 26.3 Å². The van der Waals surface area contributed by atoms with E-state index in [1.807, 2.05) is 0 Å². The smallest absolute Gasteiger partial charge is 0.565 e. The molecule has 0 amide bonds. The molecule has 0 radical (unpaired) electrons. The molecular weight excluding hydrogens is 944 g/mol. The molecule has 4 aromatic rings. The summed E-state index contributed by atoms with van der Waals surface area (Å²) in [6.07, 6.45) is 0.126. The van der Waals surface area contributed by atoms with E-state index >= 15 is 0 Å². The van der Waals surface area contributed by atoms with E-state index in [2.05, 4.69) is 31.2 Å². The number of carbonyl (C=O) groups is 3. The van der Waals surface area contributed by atoms with Crippen molar-refractivity contribution in [1.29, 1.82) is 0 Å². The van der Waals surface area contributed by atoms with Crippen molar-refractivity contribution < 1.29 is 190 Å². The zero-order valence-electron chi connectivity index (χ0n) is 27.2. The number of rotatable bonds is 6. The van der Waals surface area contributed by atoms with E-state index in [0.717, 1.165) is 43.0 Å². The Bertz CT molecular complexity index is 1610. The van der Waals surface area contributed by atoms with Gasteiger partial charge in [0.15, 0.2) is 11.4 Å². The van der Waals surface area contributed by atoms with Gasteiger partial charge in [0.1, 0.15) is 11.6 Å². The van der Waals surface area contributed by atoms with E-state index in [4.69, 9.17) is 34.0 Å². The van der Waals surface area contributed by atoms with Gasteiger partial charge >= 0.3 is 150 Å². The molecular formula is C30H34BrCs2F2N4O9+. The molecule has 2 aliphatic heterocycles. The first kappa shape index (κ1) is 46.0. The SMILES string of the molecule is BrCC1CCOC1.CCOC(=O)c1n[nH]c2ccc(F)cc12.COC(=O)c1nn(CC2CCOC2)c2ccc(F)cc12.O=C([O-])O.[Cs+].[Cs+]. The number of ether oxygens (including phenoxy) is 4. The number of H-pyrrole nitrogens is 1. The van der Waals surface area contributed by atoms with Gasteiger partial charge in [-0.05, 0) is 62.1 Å². The van der Waals surface area contributed by atoms with Crippen LogP contribution in [0, 0.1) is 23.5 Å². The van der Waals surface area contributed by atoms with Gasteiger partial charge in [0, 0.05) is 41.8 Å². The Morgan fingerprint density at radius 3 is 2.10 bits per heavy atom. The van der Waals surface area contributed by atoms with Crippen LogP contribution in [0.5, 0.6) is 0 Å². The summed E-state index contributed by atoms with van der Waals surface area (Å²) in [5.74, 6) is -0.745. The summed E-state index contributed by atoms with van der Waals surface area (Å²) >= 11 is 3.40. The molecule has 0 bridgehead atoms. The van der Waals surface area contributed by atoms with Crippen LogP contribution in [0.2, 0.25) is 0 Å². The first-order chi connectivity index (χ1) is 22.1. The van der Waals surface area contributed by atoms with E-state index in [0.29, 0.717) is 35.4 Å². The summed E-state index contributed by atoms with van der Waals surface area (Å²) in [7, 11) is 1.29. The Morgan fingerprint density at radius 1 is 1.00 bits per heavy atom. The zero-order chi connectivity index (χ0) is 33.6. The van der Waals surface area contributed by atoms with Crippen LogP contribution in [-0.4, -0.2) is 88.7 Å². The number of hydrogen-bond donors (Lipinski definition) is 2. The molecule has 0 spiro atoms. The summed E-state index contributed by atoms with van der Waals surface area (Å²) in [5.41, 5.74) is 1.62. The van der Waals surface area contributed by atoms with Gasteiger partial charge in [0.05, 0.1) is 38.0 Å². The summed E-state index contributed by atoms with van der Waals surface area (Å²) in [4.78, 5) is 31.6. The Labute approximate surface area is 401 Å². The molecule has 0 aliphatic carbocycles. The number of nitrogens with zero attached hydrogens (tertiary/aromatic N) is 3. The number of halogens is 3. The molecule has 0 saturated carbocycles. The molecule has 2 aromatic heterocycles. The first-order valence-electron chi connectivity index (χ1n) is 14.2. The monoisotopic (exact) mass is 977 g/mol. The summed E-state index contributed by atoms with van der Waals surface area (Å²) in [6.45, 7) is 5.99. The predicted octanol–water partition coefficient (Wildman–Crippen LogP) is -1.81. The van der Waals surface area contributed by atoms with E-state index < -0.39 is 29.7 Å². The Balaban J connectivity index is 0.000000362. The Kier molecular flexibility index (Phi) is 23.2. The van der Waals surface area contributed by atoms with E-state index in [-0.39, 0.29) is 156 Å². The number of aromatic amines is 1. The van der Waals surface area contributed by atoms with Crippen LogP contribution in [0.25, 0.3) is 21.8 Å². The second-order valence-electron chi connectivity index (χ2n) is 10.0. The summed E-state index contributed by atoms with van der Waals surface area (Å²) in [6, 6.07) is 8.41. The molecule has 2 N–H and O–H groups in total. The number of benzene rings is 2. The second-order valence-corrected chi connectivity index (χ2v) is 10.7. The van der Waals surface area contributed by atoms with Gasteiger partial charge in [0.25, 0.3) is 0 Å². The van der Waals surface area contributed by atoms with E-state index in [9.17, 15) is 18.4 Å². The van der Waals surface area contributed by atoms with Crippen molar-refractivity contribution in [3.05, 3.63) is 59.4 Å². The normalized spacial score (nSPS) is 16.1. The van der Waals surface area contributed by atoms with Crippen molar-refractivity contribution in [2.24, 2.45) is 11.8 Å². The fraction of sp³-hybridized carbons (Fsp3) is 0.433. The van der Waals surface area contributed by atoms with Crippen LogP contribution in [-0.2, 0) is 25.5 Å². The van der Waals surface area contributed by atoms with Crippen LogP contribution >= 0.6 is 15.9 Å². The number of nitrogens with one attached hydrogen (secondary N) is 1. The minimum Gasteiger partial charge on any atom is -0.565 e. The topological polar surface area (TPSA) is 178 Å². The van der Waals surface area contributed by atoms with Gasteiger partial charge in [0.2, 0.25) is 6.16 Å². The third kappa shape index (κ3) is 14.5. The summed E-state index contributed by atoms with van der Waals surface area (Å²) < 4.78 is 48.0. The van der Waals surface area contributed by atoms with Crippen LogP contribution in [0.4, 0.5) is 13.6 Å². The quantitative estimate of drug-likeness (QED) is 0.165. The molecule has 18 heteroatoms. The minimum absolute atomic E-state index is 0. The first-order valence-corrected chi connectivity index (χ1v) is 15.4. The van der Waals surface area contributed by atoms with Crippen molar-refractivity contribution >= 4 is 55.8 Å². The number of carbonyl (C=O) groups excluding carboxylic acids is 2. The van der Waals surface area contributed by atoms with Gasteiger partial charge < -0.3 is 34.0 Å². The Hall–Kier alpha value is -0.0461. The van der Waals surface area contributed by atoms with Crippen molar-refractivity contribution in [3.8, 4) is 0 Å². The maximum absolute atomic E-state index is 13.4. The molecule has 6 rings (SSSR count). The number of fused-ring (bicyclic) bond motifs is 2. The Morgan fingerprint density at radius 2 is 1.58 bits per heavy atom. The zero-order valence-corrected chi connectivity index (χ0v) is 41.3. The minimum atomic E-state index is -2.08. The molecule has 2 atom stereocenters. The standard InChI is InChI=1S/C14H15FN2O3.C10H9FN2O2.C5H9BrO.CH2O3.2Cs/c1-19-14(18)13-11-6-10(15)2-3-12(11)17(16-13)7-9-4-5-20-8-9;1-2-15-10(14)9-7-5-6(11)3-4-8(7)12-13-9;6-3-5-1-2-7-4-5;2-1(3)4;;/h2-3,6,9H,4-5,7-8H2,1H3;3-5H,2H2,1H3,(H,12,13);5H,1-4H2;(H2,2,3,4);;/q;;;;2*+1/p-1. The van der Waals surface area contributed by atoms with Crippen LogP contribution in [0.1, 0.15) is 40.7 Å². The van der Waals surface area contributed by atoms with Gasteiger partial charge in [-0.3, -0.25) is 9.78 Å². The number of esters is 2. The average Bonchev–Trinajstić information content (AvgIpc) is 3.85. The number of alkyl halides is 1. The average molecular weight is 978 g/mol. The maximum Gasteiger partial charge on any atom is 1.00 e. The molecule has 4 heterocycles. The van der Waals surface area contributed by atoms with Crippen LogP contribution in [0.3, 0.4) is 0 Å². The fourth-order valence-electron chi connectivity index (χ4n) is 4.56. The molecule has 48 heavy (non-hydrogen) atoms. The number of hydrogen-bond acceptors (Lipinski definition) is 10. The number of aromatic nitrogens is 4. The van der Waals surface area contributed by atoms with Gasteiger partial charge in [-0.2, -0.15) is 10.2 Å². The number of methoxy groups -OCH3 is 1. The van der Waals surface area contributed by atoms with Gasteiger partial charge in [-0.15, -0.1) is 0 Å². The van der Waals surface area contributed by atoms with E-state index in [1.165, 1.54) is 43.9 Å². The van der Waals surface area contributed by atoms with Gasteiger partial charge in [-0.1, -0.05) is 15.9 Å². The van der Waals surface area contributed by atoms with Crippen LogP contribution in [0.15, 0.2) is 36.4 Å². The maximum atomic E-state index is 13.4. The van der Waals surface area contributed by atoms with Crippen LogP contribution < -0.4 is 143 Å². The van der Waals surface area contributed by atoms with Crippen molar-refractivity contribution in [3.63, 3.8) is 0 Å². The predicted molar refractivity (Wildman–Crippen MR) is 163 cm³/mol. The molecule has 2 saturated heterocycles. The number of carboxylic acid groups (broad SMARTS) is 2. The third-order valence-electron chi connectivity index (χ3n) is 6.78. The van der Waals surface area contributed by atoms with Crippen molar-refractivity contribution in [1.82, 2.24) is 20.0 Å². The molecule has 2 aromatic carbocycles. The van der Waals surface area contributed by atoms with E-state index in [1.54, 1.807) is 17.7 Å². The largest absolute Gasteiger partial charge is 1.00 e. The molecule has 250 valence electrons. The molecule has 2 unspecified atom stereocenters.